The van der Waals surface area contributed by atoms with Gasteiger partial charge in [0, 0.05) is 23.4 Å². The molecule has 4 nitrogen and oxygen atoms in total. The predicted molar refractivity (Wildman–Crippen MR) is 117 cm³/mol. The van der Waals surface area contributed by atoms with Crippen LogP contribution in [-0.4, -0.2) is 13.0 Å². The number of hydrogen-bond donors (Lipinski definition) is 1. The van der Waals surface area contributed by atoms with Crippen molar-refractivity contribution in [2.24, 2.45) is 0 Å². The van der Waals surface area contributed by atoms with Gasteiger partial charge in [0.05, 0.1) is 11.4 Å². The molecule has 0 radical (unpaired) electrons. The van der Waals surface area contributed by atoms with E-state index in [0.29, 0.717) is 6.54 Å². The van der Waals surface area contributed by atoms with Gasteiger partial charge < -0.3 is 10.2 Å². The maximum atomic E-state index is 12.4. The van der Waals surface area contributed by atoms with Gasteiger partial charge in [0.2, 0.25) is 0 Å². The number of nitrogens with one attached hydrogen (secondary N) is 1. The van der Waals surface area contributed by atoms with E-state index in [4.69, 9.17) is 0 Å². The smallest absolute Gasteiger partial charge is 0.262 e. The number of carbonyl (C=O) groups excluding carboxylic acids is 1. The highest BCUT2D eigenvalue weighted by molar-refractivity contribution is 7.99. The molecule has 0 atom stereocenters. The van der Waals surface area contributed by atoms with Crippen molar-refractivity contribution in [2.75, 3.05) is 11.9 Å². The minimum absolute atomic E-state index is 0.0930. The summed E-state index contributed by atoms with van der Waals surface area (Å²) in [5.41, 5.74) is 4.19. The Morgan fingerprint density at radius 1 is 1.03 bits per heavy atom. The van der Waals surface area contributed by atoms with Crippen molar-refractivity contribution in [1.82, 2.24) is 5.32 Å². The molecule has 0 unspecified atom stereocenters. The van der Waals surface area contributed by atoms with Gasteiger partial charge >= 0.3 is 0 Å². The van der Waals surface area contributed by atoms with Gasteiger partial charge in [0.15, 0.2) is 0 Å². The van der Waals surface area contributed by atoms with Crippen LogP contribution >= 0.6 is 11.8 Å². The second kappa shape index (κ2) is 8.26. The molecule has 3 aromatic rings. The first-order valence-electron chi connectivity index (χ1n) is 9.24. The largest absolute Gasteiger partial charge is 0.347 e. The third-order valence-corrected chi connectivity index (χ3v) is 5.88. The van der Waals surface area contributed by atoms with Gasteiger partial charge in [-0.05, 0) is 41.5 Å². The highest BCUT2D eigenvalue weighted by Crippen LogP contribution is 2.47. The summed E-state index contributed by atoms with van der Waals surface area (Å²) in [6.45, 7) is 0.389. The second-order valence-electron chi connectivity index (χ2n) is 6.69. The zero-order valence-electron chi connectivity index (χ0n) is 15.9. The topological polar surface area (TPSA) is 56.1 Å². The molecule has 0 saturated carbocycles. The molecule has 0 aromatic heterocycles. The highest BCUT2D eigenvalue weighted by Gasteiger charge is 2.20. The van der Waals surface area contributed by atoms with Crippen molar-refractivity contribution in [3.8, 4) is 6.07 Å². The zero-order valence-corrected chi connectivity index (χ0v) is 16.7. The molecule has 142 valence electrons. The van der Waals surface area contributed by atoms with Crippen molar-refractivity contribution in [3.05, 3.63) is 89.5 Å². The minimum Gasteiger partial charge on any atom is -0.347 e. The molecule has 1 amide bonds. The summed E-state index contributed by atoms with van der Waals surface area (Å²) in [6, 6.07) is 25.9. The zero-order chi connectivity index (χ0) is 20.2. The van der Waals surface area contributed by atoms with Crippen LogP contribution in [0.25, 0.3) is 6.08 Å². The van der Waals surface area contributed by atoms with Gasteiger partial charge in [0.1, 0.15) is 11.6 Å². The van der Waals surface area contributed by atoms with Gasteiger partial charge in [0.25, 0.3) is 5.91 Å². The first kappa shape index (κ1) is 18.9. The Morgan fingerprint density at radius 3 is 2.55 bits per heavy atom. The molecular formula is C24H19N3OS. The number of anilines is 2. The van der Waals surface area contributed by atoms with Crippen molar-refractivity contribution < 1.29 is 4.79 Å². The van der Waals surface area contributed by atoms with Crippen molar-refractivity contribution in [3.63, 3.8) is 0 Å². The first-order valence-corrected chi connectivity index (χ1v) is 10.1. The molecule has 3 aromatic carbocycles. The summed E-state index contributed by atoms with van der Waals surface area (Å²) in [5, 5.41) is 12.3. The molecule has 29 heavy (non-hydrogen) atoms. The van der Waals surface area contributed by atoms with E-state index in [0.717, 1.165) is 21.7 Å². The summed E-state index contributed by atoms with van der Waals surface area (Å²) in [5.74, 6) is -0.371. The SMILES string of the molecule is CN1c2ccccc2Sc2cc(/C=C(\C#N)C(=O)NCc3ccccc3)ccc21. The Hall–Kier alpha value is -3.49. The molecule has 0 fully saturated rings. The van der Waals surface area contributed by atoms with Crippen molar-refractivity contribution >= 4 is 35.1 Å². The summed E-state index contributed by atoms with van der Waals surface area (Å²) >= 11 is 1.70. The van der Waals surface area contributed by atoms with Crippen molar-refractivity contribution in [2.45, 2.75) is 16.3 Å². The fourth-order valence-electron chi connectivity index (χ4n) is 3.24. The summed E-state index contributed by atoms with van der Waals surface area (Å²) in [4.78, 5) is 16.9. The normalized spacial score (nSPS) is 12.6. The quantitative estimate of drug-likeness (QED) is 0.489. The Balaban J connectivity index is 1.55. The van der Waals surface area contributed by atoms with Gasteiger partial charge in [-0.1, -0.05) is 60.3 Å². The Morgan fingerprint density at radius 2 is 1.76 bits per heavy atom. The van der Waals surface area contributed by atoms with E-state index >= 15 is 0 Å². The summed E-state index contributed by atoms with van der Waals surface area (Å²) in [6.07, 6.45) is 1.64. The predicted octanol–water partition coefficient (Wildman–Crippen LogP) is 5.14. The van der Waals surface area contributed by atoms with Crippen LogP contribution < -0.4 is 10.2 Å². The average molecular weight is 398 g/mol. The number of carbonyl (C=O) groups is 1. The maximum Gasteiger partial charge on any atom is 0.262 e. The van der Waals surface area contributed by atoms with Gasteiger partial charge in [-0.3, -0.25) is 4.79 Å². The van der Waals surface area contributed by atoms with Gasteiger partial charge in [-0.2, -0.15) is 5.26 Å². The molecule has 1 heterocycles. The van der Waals surface area contributed by atoms with Crippen molar-refractivity contribution in [1.29, 1.82) is 5.26 Å². The third-order valence-electron chi connectivity index (χ3n) is 4.76. The van der Waals surface area contributed by atoms with E-state index in [1.54, 1.807) is 17.8 Å². The van der Waals surface area contributed by atoms with Gasteiger partial charge in [-0.25, -0.2) is 0 Å². The van der Waals surface area contributed by atoms with Crippen LogP contribution in [0.2, 0.25) is 0 Å². The van der Waals surface area contributed by atoms with Crippen LogP contribution in [0, 0.1) is 11.3 Å². The van der Waals surface area contributed by atoms with E-state index in [2.05, 4.69) is 22.3 Å². The lowest BCUT2D eigenvalue weighted by Gasteiger charge is -2.29. The number of amides is 1. The average Bonchev–Trinajstić information content (AvgIpc) is 2.76. The first-order chi connectivity index (χ1) is 14.2. The molecule has 0 spiro atoms. The van der Waals surface area contributed by atoms with Crippen LogP contribution in [0.3, 0.4) is 0 Å². The lowest BCUT2D eigenvalue weighted by atomic mass is 10.1. The van der Waals surface area contributed by atoms with Crippen LogP contribution in [0.15, 0.2) is 88.2 Å². The monoisotopic (exact) mass is 397 g/mol. The molecule has 0 saturated heterocycles. The lowest BCUT2D eigenvalue weighted by molar-refractivity contribution is -0.117. The number of fused-ring (bicyclic) bond motifs is 2. The molecular weight excluding hydrogens is 378 g/mol. The second-order valence-corrected chi connectivity index (χ2v) is 7.78. The number of nitriles is 1. The Bertz CT molecular complexity index is 1130. The van der Waals surface area contributed by atoms with E-state index in [1.807, 2.05) is 73.8 Å². The fraction of sp³-hybridized carbons (Fsp3) is 0.0833. The number of benzene rings is 3. The number of hydrogen-bond acceptors (Lipinski definition) is 4. The van der Waals surface area contributed by atoms with Crippen LogP contribution in [0.1, 0.15) is 11.1 Å². The van der Waals surface area contributed by atoms with Gasteiger partial charge in [-0.15, -0.1) is 0 Å². The Labute approximate surface area is 174 Å². The number of rotatable bonds is 4. The van der Waals surface area contributed by atoms with Crippen LogP contribution in [-0.2, 0) is 11.3 Å². The maximum absolute atomic E-state index is 12.4. The molecule has 4 rings (SSSR count). The number of nitrogens with zero attached hydrogens (tertiary/aromatic N) is 2. The fourth-order valence-corrected chi connectivity index (χ4v) is 4.43. The standard InChI is InChI=1S/C24H19N3OS/c1-27-20-9-5-6-10-22(20)29-23-14-18(11-12-21(23)27)13-19(15-25)24(28)26-16-17-7-3-2-4-8-17/h2-14H,16H2,1H3,(H,26,28)/b19-13+. The third kappa shape index (κ3) is 4.03. The minimum atomic E-state index is -0.371. The van der Waals surface area contributed by atoms with E-state index in [9.17, 15) is 10.1 Å². The highest BCUT2D eigenvalue weighted by atomic mass is 32.2. The van der Waals surface area contributed by atoms with Crippen LogP contribution in [0.4, 0.5) is 11.4 Å². The van der Waals surface area contributed by atoms with Crippen LogP contribution in [0.5, 0.6) is 0 Å². The Kier molecular flexibility index (Phi) is 5.37. The van der Waals surface area contributed by atoms with E-state index in [1.165, 1.54) is 10.6 Å². The molecule has 0 bridgehead atoms. The molecule has 5 heteroatoms. The molecule has 1 aliphatic rings. The lowest BCUT2D eigenvalue weighted by Crippen LogP contribution is -2.23. The molecule has 1 N–H and O–H groups in total. The summed E-state index contributed by atoms with van der Waals surface area (Å²) < 4.78 is 0. The number of para-hydroxylation sites is 1. The summed E-state index contributed by atoms with van der Waals surface area (Å²) in [7, 11) is 2.05. The van der Waals surface area contributed by atoms with E-state index < -0.39 is 0 Å². The molecule has 1 aliphatic heterocycles. The molecule has 0 aliphatic carbocycles. The van der Waals surface area contributed by atoms with E-state index in [-0.39, 0.29) is 11.5 Å².